The lowest BCUT2D eigenvalue weighted by Gasteiger charge is -2.07. The number of benzene rings is 1. The minimum absolute atomic E-state index is 0.205. The summed E-state index contributed by atoms with van der Waals surface area (Å²) in [6.45, 7) is 1.48. The fourth-order valence-corrected chi connectivity index (χ4v) is 3.38. The van der Waals surface area contributed by atoms with Crippen LogP contribution in [0, 0.1) is 18.6 Å². The van der Waals surface area contributed by atoms with E-state index in [2.05, 4.69) is 30.6 Å². The number of nitrogens with one attached hydrogen (secondary N) is 1. The lowest BCUT2D eigenvalue weighted by atomic mass is 10.3. The Kier molecular flexibility index (Phi) is 3.54. The predicted molar refractivity (Wildman–Crippen MR) is 63.9 cm³/mol. The molecule has 0 bridgehead atoms. The number of rotatable bonds is 3. The molecule has 1 aromatic carbocycles. The SMILES string of the molecule is Cc1noc(NS(=O)(=O)c2c(F)cc(F)cc2Br)n1. The lowest BCUT2D eigenvalue weighted by molar-refractivity contribution is 0.429. The van der Waals surface area contributed by atoms with Gasteiger partial charge >= 0.3 is 6.01 Å². The molecule has 19 heavy (non-hydrogen) atoms. The van der Waals surface area contributed by atoms with Gasteiger partial charge in [-0.25, -0.2) is 21.9 Å². The molecule has 1 aromatic heterocycles. The summed E-state index contributed by atoms with van der Waals surface area (Å²) in [4.78, 5) is 2.87. The van der Waals surface area contributed by atoms with Gasteiger partial charge in [0, 0.05) is 10.5 Å². The Bertz CT molecular complexity index is 709. The number of aromatic nitrogens is 2. The second-order valence-electron chi connectivity index (χ2n) is 3.45. The van der Waals surface area contributed by atoms with E-state index in [4.69, 9.17) is 0 Å². The van der Waals surface area contributed by atoms with Crippen molar-refractivity contribution in [2.75, 3.05) is 4.72 Å². The first kappa shape index (κ1) is 13.9. The van der Waals surface area contributed by atoms with Crippen LogP contribution in [0.15, 0.2) is 26.0 Å². The summed E-state index contributed by atoms with van der Waals surface area (Å²) in [7, 11) is -4.31. The van der Waals surface area contributed by atoms with E-state index in [1.54, 1.807) is 0 Å². The molecule has 0 aliphatic heterocycles. The summed E-state index contributed by atoms with van der Waals surface area (Å²) in [5.41, 5.74) is 0. The summed E-state index contributed by atoms with van der Waals surface area (Å²) < 4.78 is 56.5. The quantitative estimate of drug-likeness (QED) is 0.914. The number of aryl methyl sites for hydroxylation is 1. The van der Waals surface area contributed by atoms with Crippen molar-refractivity contribution in [3.63, 3.8) is 0 Å². The third-order valence-corrected chi connectivity index (χ3v) is 4.26. The summed E-state index contributed by atoms with van der Waals surface area (Å²) >= 11 is 2.79. The fraction of sp³-hybridized carbons (Fsp3) is 0.111. The number of hydrogen-bond donors (Lipinski definition) is 1. The van der Waals surface area contributed by atoms with Gasteiger partial charge in [0.05, 0.1) is 0 Å². The number of nitrogens with zero attached hydrogens (tertiary/aromatic N) is 2. The summed E-state index contributed by atoms with van der Waals surface area (Å²) in [5, 5.41) is 3.37. The van der Waals surface area contributed by atoms with Gasteiger partial charge in [0.15, 0.2) is 5.82 Å². The standard InChI is InChI=1S/C9H6BrF2N3O3S/c1-4-13-9(18-14-4)15-19(16,17)8-6(10)2-5(11)3-7(8)12/h2-3H,1H3,(H,13,14,15). The normalized spacial score (nSPS) is 11.6. The molecule has 0 atom stereocenters. The molecule has 0 unspecified atom stereocenters. The first-order valence-corrected chi connectivity index (χ1v) is 7.05. The van der Waals surface area contributed by atoms with Gasteiger partial charge in [-0.05, 0) is 28.9 Å². The number of sulfonamides is 1. The van der Waals surface area contributed by atoms with Gasteiger partial charge in [0.1, 0.15) is 16.5 Å². The van der Waals surface area contributed by atoms with Crippen molar-refractivity contribution in [1.82, 2.24) is 10.1 Å². The fourth-order valence-electron chi connectivity index (χ4n) is 1.29. The maximum Gasteiger partial charge on any atom is 0.335 e. The number of halogens is 3. The van der Waals surface area contributed by atoms with Crippen LogP contribution in [-0.2, 0) is 10.0 Å². The van der Waals surface area contributed by atoms with E-state index in [1.165, 1.54) is 6.92 Å². The lowest BCUT2D eigenvalue weighted by Crippen LogP contribution is -2.15. The van der Waals surface area contributed by atoms with E-state index in [-0.39, 0.29) is 10.3 Å². The van der Waals surface area contributed by atoms with Crippen LogP contribution in [0.2, 0.25) is 0 Å². The van der Waals surface area contributed by atoms with E-state index in [9.17, 15) is 17.2 Å². The van der Waals surface area contributed by atoms with E-state index in [1.807, 2.05) is 4.72 Å². The van der Waals surface area contributed by atoms with Crippen LogP contribution in [-0.4, -0.2) is 18.6 Å². The first-order chi connectivity index (χ1) is 8.79. The maximum atomic E-state index is 13.6. The molecule has 0 amide bonds. The van der Waals surface area contributed by atoms with Gasteiger partial charge in [-0.3, -0.25) is 0 Å². The van der Waals surface area contributed by atoms with Crippen molar-refractivity contribution in [1.29, 1.82) is 0 Å². The van der Waals surface area contributed by atoms with Crippen molar-refractivity contribution >= 4 is 32.0 Å². The number of hydrogen-bond acceptors (Lipinski definition) is 5. The molecule has 0 radical (unpaired) electrons. The van der Waals surface area contributed by atoms with Crippen molar-refractivity contribution in [3.05, 3.63) is 34.1 Å². The van der Waals surface area contributed by atoms with Crippen molar-refractivity contribution < 1.29 is 21.7 Å². The Labute approximate surface area is 115 Å². The van der Waals surface area contributed by atoms with Crippen LogP contribution in [0.25, 0.3) is 0 Å². The molecule has 1 N–H and O–H groups in total. The molecule has 2 aromatic rings. The van der Waals surface area contributed by atoms with Crippen molar-refractivity contribution in [2.45, 2.75) is 11.8 Å². The molecular weight excluding hydrogens is 348 g/mol. The molecule has 1 heterocycles. The maximum absolute atomic E-state index is 13.6. The molecule has 0 aliphatic carbocycles. The minimum atomic E-state index is -4.31. The highest BCUT2D eigenvalue weighted by Gasteiger charge is 2.25. The Morgan fingerprint density at radius 2 is 2.05 bits per heavy atom. The predicted octanol–water partition coefficient (Wildman–Crippen LogP) is 2.22. The molecule has 102 valence electrons. The van der Waals surface area contributed by atoms with Gasteiger partial charge in [0.2, 0.25) is 0 Å². The molecule has 0 saturated carbocycles. The Balaban J connectivity index is 2.45. The third-order valence-electron chi connectivity index (χ3n) is 1.98. The van der Waals surface area contributed by atoms with Crippen LogP contribution >= 0.6 is 15.9 Å². The van der Waals surface area contributed by atoms with Crippen LogP contribution in [0.1, 0.15) is 5.82 Å². The van der Waals surface area contributed by atoms with Crippen molar-refractivity contribution in [2.24, 2.45) is 0 Å². The van der Waals surface area contributed by atoms with Gasteiger partial charge in [-0.15, -0.1) is 0 Å². The molecule has 0 aliphatic rings. The Morgan fingerprint density at radius 1 is 1.37 bits per heavy atom. The van der Waals surface area contributed by atoms with Crippen LogP contribution in [0.5, 0.6) is 0 Å². The average Bonchev–Trinajstić information content (AvgIpc) is 2.60. The second-order valence-corrected chi connectivity index (χ2v) is 5.92. The highest BCUT2D eigenvalue weighted by Crippen LogP contribution is 2.27. The molecule has 10 heteroatoms. The highest BCUT2D eigenvalue weighted by atomic mass is 79.9. The van der Waals surface area contributed by atoms with Gasteiger partial charge < -0.3 is 4.52 Å². The van der Waals surface area contributed by atoms with Gasteiger partial charge in [0.25, 0.3) is 10.0 Å². The van der Waals surface area contributed by atoms with E-state index < -0.39 is 32.6 Å². The average molecular weight is 354 g/mol. The van der Waals surface area contributed by atoms with Crippen molar-refractivity contribution in [3.8, 4) is 0 Å². The smallest absolute Gasteiger partial charge is 0.314 e. The molecule has 0 fully saturated rings. The van der Waals surface area contributed by atoms with Crippen LogP contribution < -0.4 is 4.72 Å². The zero-order valence-electron chi connectivity index (χ0n) is 9.32. The number of anilines is 1. The van der Waals surface area contributed by atoms with Crippen LogP contribution in [0.3, 0.4) is 0 Å². The van der Waals surface area contributed by atoms with Gasteiger partial charge in [-0.1, -0.05) is 5.16 Å². The Hall–Kier alpha value is -1.55. The van der Waals surface area contributed by atoms with E-state index in [0.29, 0.717) is 6.07 Å². The molecule has 0 spiro atoms. The second kappa shape index (κ2) is 4.85. The largest absolute Gasteiger partial charge is 0.335 e. The first-order valence-electron chi connectivity index (χ1n) is 4.77. The summed E-state index contributed by atoms with van der Waals surface area (Å²) in [6.07, 6.45) is 0. The Morgan fingerprint density at radius 3 is 2.58 bits per heavy atom. The molecule has 2 rings (SSSR count). The summed E-state index contributed by atoms with van der Waals surface area (Å²) in [5.74, 6) is -1.94. The van der Waals surface area contributed by atoms with Crippen LogP contribution in [0.4, 0.5) is 14.8 Å². The van der Waals surface area contributed by atoms with E-state index in [0.717, 1.165) is 6.07 Å². The topological polar surface area (TPSA) is 85.1 Å². The zero-order chi connectivity index (χ0) is 14.2. The third kappa shape index (κ3) is 2.89. The van der Waals surface area contributed by atoms with Gasteiger partial charge in [-0.2, -0.15) is 4.98 Å². The zero-order valence-corrected chi connectivity index (χ0v) is 11.7. The molecular formula is C9H6BrF2N3O3S. The minimum Gasteiger partial charge on any atom is -0.314 e. The molecule has 6 nitrogen and oxygen atoms in total. The summed E-state index contributed by atoms with van der Waals surface area (Å²) in [6, 6.07) is 0.878. The monoisotopic (exact) mass is 353 g/mol. The molecule has 0 saturated heterocycles. The highest BCUT2D eigenvalue weighted by molar-refractivity contribution is 9.10. The van der Waals surface area contributed by atoms with E-state index >= 15 is 0 Å².